The van der Waals surface area contributed by atoms with Crippen LogP contribution in [0.25, 0.3) is 0 Å². The monoisotopic (exact) mass is 1310 g/mol. The molecule has 488 valence electrons. The Kier molecular flexibility index (Phi) is 30.4. The van der Waals surface area contributed by atoms with Crippen LogP contribution in [0.4, 0.5) is 40.7 Å². The second kappa shape index (κ2) is 36.5. The molecule has 6 heterocycles. The number of carbonyl (C=O) groups is 7. The number of carboxylic acid groups (broad SMARTS) is 1. The van der Waals surface area contributed by atoms with Crippen molar-refractivity contribution in [3.05, 3.63) is 139 Å². The highest BCUT2D eigenvalue weighted by Gasteiger charge is 2.33. The fourth-order valence-electron chi connectivity index (χ4n) is 8.64. The van der Waals surface area contributed by atoms with Crippen molar-refractivity contribution in [2.45, 2.75) is 155 Å². The van der Waals surface area contributed by atoms with Gasteiger partial charge in [0.05, 0.1) is 40.5 Å². The summed E-state index contributed by atoms with van der Waals surface area (Å²) in [6, 6.07) is 26.6. The minimum Gasteiger partial charge on any atom is -0.481 e. The van der Waals surface area contributed by atoms with Crippen LogP contribution in [-0.4, -0.2) is 141 Å². The summed E-state index contributed by atoms with van der Waals surface area (Å²) in [6.07, 6.45) is 0.0543. The van der Waals surface area contributed by atoms with Crippen LogP contribution in [0.2, 0.25) is 0 Å². The molecule has 4 aliphatic heterocycles. The smallest absolute Gasteiger partial charge is 0.410 e. The number of aryl methyl sites for hydroxylation is 2. The van der Waals surface area contributed by atoms with E-state index < -0.39 is 60.3 Å². The van der Waals surface area contributed by atoms with Gasteiger partial charge in [0.2, 0.25) is 23.7 Å². The summed E-state index contributed by atoms with van der Waals surface area (Å²) in [5, 5.41) is 14.6. The number of aliphatic carboxylic acids is 1. The first-order valence-electron chi connectivity index (χ1n) is 28.6. The number of nitrogens with one attached hydrogen (secondary N) is 2. The number of hydrogen-bond donors (Lipinski definition) is 4. The summed E-state index contributed by atoms with van der Waals surface area (Å²) in [5.74, 6) is -9.90. The second-order valence-corrected chi connectivity index (χ2v) is 23.8. The Morgan fingerprint density at radius 2 is 1.02 bits per heavy atom. The third kappa shape index (κ3) is 28.9. The van der Waals surface area contributed by atoms with E-state index in [0.717, 1.165) is 85.2 Å². The summed E-state index contributed by atoms with van der Waals surface area (Å²) in [7, 11) is 0. The van der Waals surface area contributed by atoms with Crippen LogP contribution >= 0.6 is 35.1 Å². The average Bonchev–Trinajstić information content (AvgIpc) is 2.70. The number of hydrogen-bond acceptors (Lipinski definition) is 16. The Morgan fingerprint density at radius 1 is 0.618 bits per heavy atom. The highest BCUT2D eigenvalue weighted by atomic mass is 35.5. The predicted octanol–water partition coefficient (Wildman–Crippen LogP) is 10.8. The van der Waals surface area contributed by atoms with Crippen molar-refractivity contribution in [2.24, 2.45) is 5.73 Å². The molecule has 0 aliphatic carbocycles. The summed E-state index contributed by atoms with van der Waals surface area (Å²) in [6.45, 7) is 7.77. The van der Waals surface area contributed by atoms with Crippen molar-refractivity contribution >= 4 is 76.8 Å². The van der Waals surface area contributed by atoms with Crippen LogP contribution in [0, 0.1) is 0 Å². The lowest BCUT2D eigenvalue weighted by Gasteiger charge is -2.31. The van der Waals surface area contributed by atoms with Gasteiger partial charge in [0.1, 0.15) is 25.9 Å². The van der Waals surface area contributed by atoms with Gasteiger partial charge in [-0.25, -0.2) is 50.7 Å². The van der Waals surface area contributed by atoms with E-state index in [4.69, 9.17) is 29.8 Å². The van der Waals surface area contributed by atoms with E-state index in [0.29, 0.717) is 43.9 Å². The summed E-state index contributed by atoms with van der Waals surface area (Å²) >= 11 is 3.07. The predicted molar refractivity (Wildman–Crippen MR) is 324 cm³/mol. The van der Waals surface area contributed by atoms with E-state index in [2.05, 4.69) is 20.6 Å². The number of Topliss-reactive ketones (excluding diaryl/α,β-unsaturated/α-hetero) is 2. The maximum absolute atomic E-state index is 13.0. The van der Waals surface area contributed by atoms with Gasteiger partial charge in [-0.05, 0) is 43.9 Å². The van der Waals surface area contributed by atoms with Gasteiger partial charge in [0, 0.05) is 114 Å². The third-order valence-corrected chi connectivity index (χ3v) is 15.8. The van der Waals surface area contributed by atoms with E-state index in [-0.39, 0.29) is 102 Å². The maximum atomic E-state index is 13.0. The molecule has 2 unspecified atom stereocenters. The largest absolute Gasteiger partial charge is 0.481 e. The number of ether oxygens (including phenoxy) is 3. The number of rotatable bonds is 16. The lowest BCUT2D eigenvalue weighted by molar-refractivity contribution is -0.134. The number of fused-ring (bicyclic) bond motifs is 2. The number of piperidine rings is 2. The number of carbonyl (C=O) groups excluding carboxylic acids is 6. The molecular weight excluding hydrogens is 1230 g/mol. The molecule has 2 fully saturated rings. The molecule has 19 nitrogen and oxygen atoms in total. The molecule has 2 aromatic heterocycles. The summed E-state index contributed by atoms with van der Waals surface area (Å²) < 4.78 is 92.7. The molecule has 3 aromatic carbocycles. The van der Waals surface area contributed by atoms with Crippen LogP contribution < -0.4 is 16.4 Å². The second-order valence-electron chi connectivity index (χ2n) is 21.5. The molecule has 2 atom stereocenters. The zero-order valence-corrected chi connectivity index (χ0v) is 52.4. The van der Waals surface area contributed by atoms with Crippen LogP contribution in [0.3, 0.4) is 0 Å². The molecule has 5 aromatic rings. The minimum atomic E-state index is -2.94. The zero-order valence-electron chi connectivity index (χ0n) is 50.0. The number of alkyl halides is 6. The molecule has 0 radical (unpaired) electrons. The number of benzene rings is 3. The summed E-state index contributed by atoms with van der Waals surface area (Å²) in [5.41, 5.74) is 10.2. The van der Waals surface area contributed by atoms with Crippen LogP contribution in [-0.2, 0) is 92.0 Å². The van der Waals surface area contributed by atoms with Crippen molar-refractivity contribution in [3.8, 4) is 0 Å². The Hall–Kier alpha value is -7.20. The minimum absolute atomic E-state index is 0. The van der Waals surface area contributed by atoms with Gasteiger partial charge in [-0.2, -0.15) is 0 Å². The van der Waals surface area contributed by atoms with Gasteiger partial charge in [-0.1, -0.05) is 91.0 Å². The fraction of sp³-hybridized carbons (Fsp3) is 0.492. The number of amides is 4. The van der Waals surface area contributed by atoms with Gasteiger partial charge >= 0.3 is 18.3 Å². The topological polar surface area (TPSA) is 253 Å². The number of likely N-dealkylation sites (tertiary alicyclic amines) is 2. The first-order chi connectivity index (χ1) is 41.6. The molecular formula is C61H77ClF6N8O11S2. The average molecular weight is 1310 g/mol. The van der Waals surface area contributed by atoms with Crippen LogP contribution in [0.15, 0.2) is 91.0 Å². The molecule has 0 spiro atoms. The van der Waals surface area contributed by atoms with Crippen molar-refractivity contribution in [1.82, 2.24) is 35.3 Å². The molecule has 9 rings (SSSR count). The fourth-order valence-corrected chi connectivity index (χ4v) is 10.8. The van der Waals surface area contributed by atoms with Crippen molar-refractivity contribution < 1.29 is 79.2 Å². The van der Waals surface area contributed by atoms with Gasteiger partial charge in [0.25, 0.3) is 5.97 Å². The van der Waals surface area contributed by atoms with Crippen LogP contribution in [0.1, 0.15) is 114 Å². The number of nitrogens with two attached hydrogens (primary N) is 1. The van der Waals surface area contributed by atoms with E-state index in [1.165, 1.54) is 26.0 Å². The Balaban J connectivity index is 0.000000252. The number of halogens is 7. The first kappa shape index (κ1) is 74.3. The number of nitrogens with zero attached hydrogens (tertiary/aromatic N) is 5. The van der Waals surface area contributed by atoms with E-state index in [1.54, 1.807) is 16.2 Å². The lowest BCUT2D eigenvalue weighted by atomic mass is 10.0. The molecule has 4 aliphatic rings. The highest BCUT2D eigenvalue weighted by Crippen LogP contribution is 2.29. The van der Waals surface area contributed by atoms with Crippen molar-refractivity contribution in [2.75, 3.05) is 39.3 Å². The lowest BCUT2D eigenvalue weighted by Crippen LogP contribution is -2.54. The van der Waals surface area contributed by atoms with Gasteiger partial charge in [0.15, 0.2) is 11.6 Å². The SMILES string of the molecule is CC(=O)O.CC(F)(F)CCC(=O)NC1CN(C(=O)OCc2ccccc2)CCC1=O.CC(F)(F)CCc1nc2c(s1)CCN(C(=O)OCc1ccccc1)C2.CC(F)(F)CCc1nc2c(s1)CCNC2.Cl.NC1CN(C(=O)OCc2ccccc2)CCC1=O. The Bertz CT molecular complexity index is 3020. The van der Waals surface area contributed by atoms with Gasteiger partial charge in [-0.15, -0.1) is 35.1 Å². The molecule has 0 saturated carbocycles. The maximum Gasteiger partial charge on any atom is 0.410 e. The number of carboxylic acids is 1. The number of thiazole rings is 2. The molecule has 5 N–H and O–H groups in total. The van der Waals surface area contributed by atoms with Crippen LogP contribution in [0.5, 0.6) is 0 Å². The molecule has 2 saturated heterocycles. The molecule has 4 amide bonds. The normalized spacial score (nSPS) is 16.2. The standard InChI is InChI=1S/C18H22F2N2O4.C18H20F2N2O2S.C13H16N2O3.C10H14F2N2S.C2H4O2.ClH/c1-18(19,20)9-7-16(24)21-14-11-22(10-8-15(14)23)17(25)26-12-13-5-3-2-4-6-13;1-18(19,20)9-7-16-21-14-11-22(10-8-15(14)25-16)17(23)24-12-13-5-3-2-4-6-13;14-11-8-15(7-6-12(11)16)13(17)18-9-10-4-2-1-3-5-10;1-10(11,12)4-2-9-14-7-6-13-5-3-8(7)15-9;1-2(3)4;/h2-6,14H,7-12H2,1H3,(H,21,24);2-6H,7-12H2,1H3;1-5,11H,6-9,14H2;13H,2-6H2,1H3;1H3,(H,3,4);1H. The zero-order chi connectivity index (χ0) is 64.4. The highest BCUT2D eigenvalue weighted by molar-refractivity contribution is 7.12. The number of aromatic nitrogens is 2. The Morgan fingerprint density at radius 3 is 1.46 bits per heavy atom. The number of ketones is 2. The first-order valence-corrected chi connectivity index (χ1v) is 30.2. The van der Waals surface area contributed by atoms with E-state index >= 15 is 0 Å². The molecule has 0 bridgehead atoms. The van der Waals surface area contributed by atoms with E-state index in [9.17, 15) is 55.1 Å². The molecule has 89 heavy (non-hydrogen) atoms. The third-order valence-electron chi connectivity index (χ3n) is 13.4. The Labute approximate surface area is 527 Å². The van der Waals surface area contributed by atoms with E-state index in [1.807, 2.05) is 91.0 Å². The van der Waals surface area contributed by atoms with Crippen molar-refractivity contribution in [3.63, 3.8) is 0 Å². The molecule has 28 heteroatoms. The van der Waals surface area contributed by atoms with Crippen molar-refractivity contribution in [1.29, 1.82) is 0 Å². The summed E-state index contributed by atoms with van der Waals surface area (Å²) in [4.78, 5) is 95.7. The van der Waals surface area contributed by atoms with Gasteiger partial charge < -0.3 is 50.4 Å². The quantitative estimate of drug-likeness (QED) is 0.0529. The van der Waals surface area contributed by atoms with Gasteiger partial charge in [-0.3, -0.25) is 19.2 Å².